The lowest BCUT2D eigenvalue weighted by molar-refractivity contribution is -0.112. The molecule has 0 heterocycles. The molecule has 4 heteroatoms. The number of nitrogens with zero attached hydrogens (tertiary/aromatic N) is 2. The summed E-state index contributed by atoms with van der Waals surface area (Å²) in [6.45, 7) is 10.9. The molecule has 21 heavy (non-hydrogen) atoms. The quantitative estimate of drug-likeness (QED) is 0.640. The summed E-state index contributed by atoms with van der Waals surface area (Å²) in [5, 5.41) is 0. The summed E-state index contributed by atoms with van der Waals surface area (Å²) < 4.78 is 0. The first-order valence-corrected chi connectivity index (χ1v) is 7.58. The monoisotopic (exact) mass is 291 g/mol. The first kappa shape index (κ1) is 17.5. The first-order valence-electron chi connectivity index (χ1n) is 7.58. The van der Waals surface area contributed by atoms with E-state index >= 15 is 0 Å². The molecule has 1 aliphatic rings. The Hall–Kier alpha value is -1.58. The van der Waals surface area contributed by atoms with Gasteiger partial charge in [0.15, 0.2) is 5.78 Å². The van der Waals surface area contributed by atoms with E-state index in [1.54, 1.807) is 0 Å². The van der Waals surface area contributed by atoms with Gasteiger partial charge in [0.1, 0.15) is 0 Å². The molecule has 0 fully saturated rings. The Kier molecular flexibility index (Phi) is 5.37. The highest BCUT2D eigenvalue weighted by molar-refractivity contribution is 6.29. The number of carbonyl (C=O) groups is 1. The van der Waals surface area contributed by atoms with Gasteiger partial charge < -0.3 is 10.6 Å². The van der Waals surface area contributed by atoms with Gasteiger partial charge in [0, 0.05) is 43.5 Å². The van der Waals surface area contributed by atoms with Crippen molar-refractivity contribution in [1.82, 2.24) is 4.90 Å². The van der Waals surface area contributed by atoms with Crippen molar-refractivity contribution in [2.45, 2.75) is 41.0 Å². The number of hydrogen-bond acceptors (Lipinski definition) is 4. The third kappa shape index (κ3) is 3.74. The molecule has 0 spiro atoms. The van der Waals surface area contributed by atoms with E-state index in [1.165, 1.54) is 0 Å². The maximum Gasteiger partial charge on any atom is 0.194 e. The van der Waals surface area contributed by atoms with Gasteiger partial charge in [-0.3, -0.25) is 9.79 Å². The van der Waals surface area contributed by atoms with Crippen LogP contribution in [0.5, 0.6) is 0 Å². The minimum atomic E-state index is -0.228. The number of nitrogens with two attached hydrogens (primary N) is 1. The van der Waals surface area contributed by atoms with Crippen LogP contribution < -0.4 is 5.73 Å². The van der Waals surface area contributed by atoms with Crippen LogP contribution in [0.3, 0.4) is 0 Å². The van der Waals surface area contributed by atoms with Crippen molar-refractivity contribution in [3.05, 3.63) is 23.0 Å². The summed E-state index contributed by atoms with van der Waals surface area (Å²) in [6, 6.07) is 0. The molecule has 0 unspecified atom stereocenters. The number of aliphatic imine (C=N–C) groups is 1. The van der Waals surface area contributed by atoms with E-state index in [0.29, 0.717) is 24.2 Å². The van der Waals surface area contributed by atoms with Crippen LogP contribution in [0.25, 0.3) is 0 Å². The zero-order valence-corrected chi connectivity index (χ0v) is 14.4. The van der Waals surface area contributed by atoms with Crippen molar-refractivity contribution in [3.8, 4) is 0 Å². The van der Waals surface area contributed by atoms with Crippen molar-refractivity contribution in [2.24, 2.45) is 22.1 Å². The molecule has 1 aliphatic carbocycles. The molecule has 0 aromatic heterocycles. The summed E-state index contributed by atoms with van der Waals surface area (Å²) in [5.74, 6) is 0.207. The largest absolute Gasteiger partial charge is 0.401 e. The zero-order valence-electron chi connectivity index (χ0n) is 14.4. The molecular formula is C17H29N3O. The third-order valence-corrected chi connectivity index (χ3v) is 3.70. The molecule has 0 saturated carbocycles. The van der Waals surface area contributed by atoms with Gasteiger partial charge in [0.2, 0.25) is 0 Å². The second kappa shape index (κ2) is 6.46. The van der Waals surface area contributed by atoms with Crippen LogP contribution in [0.15, 0.2) is 28.0 Å². The van der Waals surface area contributed by atoms with E-state index in [1.807, 2.05) is 32.1 Å². The summed E-state index contributed by atoms with van der Waals surface area (Å²) in [6.07, 6.45) is 2.57. The van der Waals surface area contributed by atoms with Crippen LogP contribution in [-0.2, 0) is 4.79 Å². The van der Waals surface area contributed by atoms with Crippen LogP contribution in [0.2, 0.25) is 0 Å². The molecule has 0 amide bonds. The summed E-state index contributed by atoms with van der Waals surface area (Å²) >= 11 is 0. The topological polar surface area (TPSA) is 58.7 Å². The van der Waals surface area contributed by atoms with Gasteiger partial charge in [0.25, 0.3) is 0 Å². The van der Waals surface area contributed by atoms with E-state index in [0.717, 1.165) is 11.3 Å². The van der Waals surface area contributed by atoms with Gasteiger partial charge in [-0.1, -0.05) is 27.7 Å². The lowest BCUT2D eigenvalue weighted by Gasteiger charge is -2.34. The minimum absolute atomic E-state index is 0.0291. The molecule has 118 valence electrons. The van der Waals surface area contributed by atoms with Gasteiger partial charge in [-0.15, -0.1) is 0 Å². The summed E-state index contributed by atoms with van der Waals surface area (Å²) in [7, 11) is 3.86. The van der Waals surface area contributed by atoms with E-state index in [4.69, 9.17) is 5.73 Å². The van der Waals surface area contributed by atoms with Crippen LogP contribution in [-0.4, -0.2) is 37.0 Å². The summed E-state index contributed by atoms with van der Waals surface area (Å²) in [5.41, 5.74) is 9.05. The predicted molar refractivity (Wildman–Crippen MR) is 89.2 cm³/mol. The Morgan fingerprint density at radius 3 is 2.43 bits per heavy atom. The average Bonchev–Trinajstić information content (AvgIpc) is 2.34. The fourth-order valence-corrected chi connectivity index (χ4v) is 2.66. The summed E-state index contributed by atoms with van der Waals surface area (Å²) in [4.78, 5) is 19.3. The standard InChI is InChI=1S/C17H29N3O/c1-8-19-14(11(2)3)13-15(21)12(10-20(6)7)9-17(4,5)16(13)18/h10-11H,8-9,18H2,1-7H3/b12-10-,19-14?. The SMILES string of the molecule is CCN=C(C1=C(N)C(C)(C)C/C(=C/N(C)C)C1=O)C(C)C. The number of Topliss-reactive ketones (excluding diaryl/α,β-unsaturated/α-hetero) is 1. The molecule has 0 aromatic rings. The molecule has 1 rings (SSSR count). The van der Waals surface area contributed by atoms with Crippen molar-refractivity contribution in [1.29, 1.82) is 0 Å². The van der Waals surface area contributed by atoms with Crippen molar-refractivity contribution >= 4 is 11.5 Å². The van der Waals surface area contributed by atoms with Crippen LogP contribution in [0, 0.1) is 11.3 Å². The smallest absolute Gasteiger partial charge is 0.194 e. The highest BCUT2D eigenvalue weighted by Gasteiger charge is 2.38. The fourth-order valence-electron chi connectivity index (χ4n) is 2.66. The predicted octanol–water partition coefficient (Wildman–Crippen LogP) is 2.76. The van der Waals surface area contributed by atoms with E-state index in [2.05, 4.69) is 32.7 Å². The molecule has 0 aromatic carbocycles. The molecule has 0 radical (unpaired) electrons. The van der Waals surface area contributed by atoms with E-state index in [-0.39, 0.29) is 17.1 Å². The Labute approximate surface area is 128 Å². The lowest BCUT2D eigenvalue weighted by Crippen LogP contribution is -2.37. The first-order chi connectivity index (χ1) is 9.61. The Balaban J connectivity index is 3.50. The van der Waals surface area contributed by atoms with Crippen LogP contribution >= 0.6 is 0 Å². The van der Waals surface area contributed by atoms with Crippen LogP contribution in [0.1, 0.15) is 41.0 Å². The number of carbonyl (C=O) groups excluding carboxylic acids is 1. The number of allylic oxidation sites excluding steroid dienone is 3. The molecule has 0 bridgehead atoms. The highest BCUT2D eigenvalue weighted by Crippen LogP contribution is 2.39. The molecule has 0 aliphatic heterocycles. The van der Waals surface area contributed by atoms with Gasteiger partial charge >= 0.3 is 0 Å². The Morgan fingerprint density at radius 2 is 2.00 bits per heavy atom. The van der Waals surface area contributed by atoms with Gasteiger partial charge in [-0.05, 0) is 19.3 Å². The fraction of sp³-hybridized carbons (Fsp3) is 0.647. The van der Waals surface area contributed by atoms with E-state index < -0.39 is 0 Å². The number of rotatable bonds is 4. The van der Waals surface area contributed by atoms with Crippen molar-refractivity contribution < 1.29 is 4.79 Å². The second-order valence-corrected chi connectivity index (χ2v) is 6.81. The number of hydrogen-bond donors (Lipinski definition) is 1. The normalized spacial score (nSPS) is 21.4. The van der Waals surface area contributed by atoms with Crippen LogP contribution in [0.4, 0.5) is 0 Å². The van der Waals surface area contributed by atoms with Gasteiger partial charge in [-0.25, -0.2) is 0 Å². The molecule has 2 N–H and O–H groups in total. The lowest BCUT2D eigenvalue weighted by atomic mass is 9.71. The maximum absolute atomic E-state index is 12.9. The Bertz CT molecular complexity index is 508. The van der Waals surface area contributed by atoms with Gasteiger partial charge in [-0.2, -0.15) is 0 Å². The van der Waals surface area contributed by atoms with Crippen molar-refractivity contribution in [2.75, 3.05) is 20.6 Å². The maximum atomic E-state index is 12.9. The molecule has 0 saturated heterocycles. The highest BCUT2D eigenvalue weighted by atomic mass is 16.1. The Morgan fingerprint density at radius 1 is 1.43 bits per heavy atom. The van der Waals surface area contributed by atoms with Crippen molar-refractivity contribution in [3.63, 3.8) is 0 Å². The zero-order chi connectivity index (χ0) is 16.4. The van der Waals surface area contributed by atoms with Gasteiger partial charge in [0.05, 0.1) is 11.3 Å². The molecule has 0 atom stereocenters. The average molecular weight is 291 g/mol. The molecular weight excluding hydrogens is 262 g/mol. The number of ketones is 1. The minimum Gasteiger partial charge on any atom is -0.401 e. The second-order valence-electron chi connectivity index (χ2n) is 6.81. The van der Waals surface area contributed by atoms with E-state index in [9.17, 15) is 4.79 Å². The third-order valence-electron chi connectivity index (χ3n) is 3.70. The molecule has 4 nitrogen and oxygen atoms in total.